The van der Waals surface area contributed by atoms with Gasteiger partial charge in [0, 0.05) is 11.6 Å². The summed E-state index contributed by atoms with van der Waals surface area (Å²) in [5.74, 6) is 0. The van der Waals surface area contributed by atoms with Crippen LogP contribution < -0.4 is 5.32 Å². The summed E-state index contributed by atoms with van der Waals surface area (Å²) in [5.41, 5.74) is 2.24. The first-order valence-electron chi connectivity index (χ1n) is 5.65. The summed E-state index contributed by atoms with van der Waals surface area (Å²) in [6, 6.07) is 16.0. The molecular weight excluding hydrogens is 264 g/mol. The molecule has 0 amide bonds. The third-order valence-electron chi connectivity index (χ3n) is 2.65. The van der Waals surface area contributed by atoms with Crippen molar-refractivity contribution in [2.45, 2.75) is 6.54 Å². The van der Waals surface area contributed by atoms with Gasteiger partial charge >= 0.3 is 0 Å². The first kappa shape index (κ1) is 11.5. The van der Waals surface area contributed by atoms with Crippen LogP contribution in [0.25, 0.3) is 10.2 Å². The van der Waals surface area contributed by atoms with Gasteiger partial charge in [-0.25, -0.2) is 4.98 Å². The van der Waals surface area contributed by atoms with Crippen molar-refractivity contribution in [1.82, 2.24) is 4.98 Å². The van der Waals surface area contributed by atoms with Gasteiger partial charge in [0.05, 0.1) is 10.2 Å². The number of aromatic nitrogens is 1. The lowest BCUT2D eigenvalue weighted by molar-refractivity contribution is 1.14. The molecule has 1 N–H and O–H groups in total. The summed E-state index contributed by atoms with van der Waals surface area (Å²) in [5, 5.41) is 5.05. The smallest absolute Gasteiger partial charge is 0.184 e. The van der Waals surface area contributed by atoms with E-state index in [1.54, 1.807) is 11.3 Å². The monoisotopic (exact) mass is 274 g/mol. The number of hydrogen-bond acceptors (Lipinski definition) is 3. The molecule has 1 aromatic heterocycles. The molecule has 1 heterocycles. The number of benzene rings is 2. The SMILES string of the molecule is Clc1ccc(CNc2nc3ccccc3s2)cc1. The van der Waals surface area contributed by atoms with E-state index in [1.807, 2.05) is 42.5 Å². The van der Waals surface area contributed by atoms with Gasteiger partial charge in [-0.15, -0.1) is 0 Å². The van der Waals surface area contributed by atoms with Gasteiger partial charge in [0.1, 0.15) is 0 Å². The number of hydrogen-bond donors (Lipinski definition) is 1. The molecular formula is C14H11ClN2S. The van der Waals surface area contributed by atoms with Crippen molar-refractivity contribution >= 4 is 38.3 Å². The third-order valence-corrected chi connectivity index (χ3v) is 3.90. The van der Waals surface area contributed by atoms with Crippen molar-refractivity contribution < 1.29 is 0 Å². The Labute approximate surface area is 114 Å². The minimum atomic E-state index is 0.761. The van der Waals surface area contributed by atoms with Crippen molar-refractivity contribution in [1.29, 1.82) is 0 Å². The number of nitrogens with zero attached hydrogens (tertiary/aromatic N) is 1. The minimum Gasteiger partial charge on any atom is -0.357 e. The molecule has 0 atom stereocenters. The predicted molar refractivity (Wildman–Crippen MR) is 78.4 cm³/mol. The fraction of sp³-hybridized carbons (Fsp3) is 0.0714. The molecule has 4 heteroatoms. The van der Waals surface area contributed by atoms with E-state index in [0.29, 0.717) is 0 Å². The summed E-state index contributed by atoms with van der Waals surface area (Å²) >= 11 is 7.52. The first-order chi connectivity index (χ1) is 8.81. The molecule has 0 saturated heterocycles. The normalized spacial score (nSPS) is 10.7. The Morgan fingerprint density at radius 3 is 2.61 bits per heavy atom. The lowest BCUT2D eigenvalue weighted by Gasteiger charge is -2.02. The molecule has 0 aliphatic rings. The molecule has 0 saturated carbocycles. The summed E-state index contributed by atoms with van der Waals surface area (Å²) in [4.78, 5) is 4.53. The lowest BCUT2D eigenvalue weighted by atomic mass is 10.2. The van der Waals surface area contributed by atoms with E-state index in [4.69, 9.17) is 11.6 Å². The number of fused-ring (bicyclic) bond motifs is 1. The fourth-order valence-corrected chi connectivity index (χ4v) is 2.72. The minimum absolute atomic E-state index is 0.761. The van der Waals surface area contributed by atoms with Gasteiger partial charge in [0.25, 0.3) is 0 Å². The van der Waals surface area contributed by atoms with E-state index in [1.165, 1.54) is 10.3 Å². The summed E-state index contributed by atoms with van der Waals surface area (Å²) < 4.78 is 1.20. The highest BCUT2D eigenvalue weighted by Crippen LogP contribution is 2.25. The average molecular weight is 275 g/mol. The summed E-state index contributed by atoms with van der Waals surface area (Å²) in [7, 11) is 0. The zero-order valence-electron chi connectivity index (χ0n) is 9.56. The van der Waals surface area contributed by atoms with Crippen LogP contribution in [0.15, 0.2) is 48.5 Å². The van der Waals surface area contributed by atoms with Crippen molar-refractivity contribution in [2.75, 3.05) is 5.32 Å². The largest absolute Gasteiger partial charge is 0.357 e. The Morgan fingerprint density at radius 2 is 1.83 bits per heavy atom. The number of anilines is 1. The van der Waals surface area contributed by atoms with Gasteiger partial charge in [0.15, 0.2) is 5.13 Å². The summed E-state index contributed by atoms with van der Waals surface area (Å²) in [6.07, 6.45) is 0. The molecule has 3 aromatic rings. The molecule has 0 bridgehead atoms. The molecule has 2 nitrogen and oxygen atoms in total. The van der Waals surface area contributed by atoms with E-state index in [0.717, 1.165) is 22.2 Å². The van der Waals surface area contributed by atoms with Crippen LogP contribution in [0.3, 0.4) is 0 Å². The van der Waals surface area contributed by atoms with Crippen LogP contribution in [0.2, 0.25) is 5.02 Å². The Morgan fingerprint density at radius 1 is 1.06 bits per heavy atom. The van der Waals surface area contributed by atoms with Crippen LogP contribution >= 0.6 is 22.9 Å². The number of thiazole rings is 1. The van der Waals surface area contributed by atoms with Crippen molar-refractivity contribution in [2.24, 2.45) is 0 Å². The van der Waals surface area contributed by atoms with Gasteiger partial charge in [-0.2, -0.15) is 0 Å². The maximum atomic E-state index is 5.85. The van der Waals surface area contributed by atoms with Gasteiger partial charge in [-0.3, -0.25) is 0 Å². The maximum Gasteiger partial charge on any atom is 0.184 e. The molecule has 3 rings (SSSR count). The Bertz CT molecular complexity index is 628. The third kappa shape index (κ3) is 2.47. The van der Waals surface area contributed by atoms with Gasteiger partial charge in [-0.05, 0) is 29.8 Å². The van der Waals surface area contributed by atoms with Crippen molar-refractivity contribution in [3.8, 4) is 0 Å². The van der Waals surface area contributed by atoms with Crippen molar-refractivity contribution in [3.05, 3.63) is 59.1 Å². The van der Waals surface area contributed by atoms with Gasteiger partial charge in [-0.1, -0.05) is 47.2 Å². The summed E-state index contributed by atoms with van der Waals surface area (Å²) in [6.45, 7) is 0.761. The number of rotatable bonds is 3. The van der Waals surface area contributed by atoms with E-state index in [9.17, 15) is 0 Å². The molecule has 2 aromatic carbocycles. The van der Waals surface area contributed by atoms with E-state index < -0.39 is 0 Å². The first-order valence-corrected chi connectivity index (χ1v) is 6.84. The highest BCUT2D eigenvalue weighted by atomic mass is 35.5. The Kier molecular flexibility index (Phi) is 3.17. The van der Waals surface area contributed by atoms with Crippen molar-refractivity contribution in [3.63, 3.8) is 0 Å². The second kappa shape index (κ2) is 4.96. The molecule has 0 unspecified atom stereocenters. The van der Waals surface area contributed by atoms with Gasteiger partial charge < -0.3 is 5.32 Å². The van der Waals surface area contributed by atoms with Crippen LogP contribution in [0.4, 0.5) is 5.13 Å². The van der Waals surface area contributed by atoms with Crippen LogP contribution in [0.1, 0.15) is 5.56 Å². The standard InChI is InChI=1S/C14H11ClN2S/c15-11-7-5-10(6-8-11)9-16-14-17-12-3-1-2-4-13(12)18-14/h1-8H,9H2,(H,16,17). The molecule has 0 spiro atoms. The second-order valence-electron chi connectivity index (χ2n) is 3.97. The number of para-hydroxylation sites is 1. The topological polar surface area (TPSA) is 24.9 Å². The van der Waals surface area contributed by atoms with Gasteiger partial charge in [0.2, 0.25) is 0 Å². The van der Waals surface area contributed by atoms with E-state index in [-0.39, 0.29) is 0 Å². The molecule has 0 radical (unpaired) electrons. The van der Waals surface area contributed by atoms with E-state index >= 15 is 0 Å². The van der Waals surface area contributed by atoms with Crippen LogP contribution in [0.5, 0.6) is 0 Å². The molecule has 0 fully saturated rings. The molecule has 0 aliphatic carbocycles. The Balaban J connectivity index is 1.74. The van der Waals surface area contributed by atoms with Crippen LogP contribution in [-0.2, 0) is 6.54 Å². The predicted octanol–water partition coefficient (Wildman–Crippen LogP) is 4.56. The lowest BCUT2D eigenvalue weighted by Crippen LogP contribution is -1.98. The number of halogens is 1. The molecule has 90 valence electrons. The fourth-order valence-electron chi connectivity index (χ4n) is 1.73. The van der Waals surface area contributed by atoms with Crippen LogP contribution in [0, 0.1) is 0 Å². The molecule has 18 heavy (non-hydrogen) atoms. The maximum absolute atomic E-state index is 5.85. The molecule has 0 aliphatic heterocycles. The highest BCUT2D eigenvalue weighted by Gasteiger charge is 2.02. The quantitative estimate of drug-likeness (QED) is 0.757. The highest BCUT2D eigenvalue weighted by molar-refractivity contribution is 7.22. The zero-order chi connectivity index (χ0) is 12.4. The number of nitrogens with one attached hydrogen (secondary N) is 1. The second-order valence-corrected chi connectivity index (χ2v) is 5.43. The Hall–Kier alpha value is -1.58. The van der Waals surface area contributed by atoms with E-state index in [2.05, 4.69) is 16.4 Å². The zero-order valence-corrected chi connectivity index (χ0v) is 11.1. The van der Waals surface area contributed by atoms with Crippen LogP contribution in [-0.4, -0.2) is 4.98 Å². The average Bonchev–Trinajstić information content (AvgIpc) is 2.81.